The summed E-state index contributed by atoms with van der Waals surface area (Å²) in [6.45, 7) is 0. The average Bonchev–Trinajstić information content (AvgIpc) is 3.64. The minimum atomic E-state index is 0.652. The van der Waals surface area contributed by atoms with Crippen LogP contribution in [-0.4, -0.2) is 19.5 Å². The van der Waals surface area contributed by atoms with Gasteiger partial charge in [0.1, 0.15) is 0 Å². The minimum Gasteiger partial charge on any atom is -0.309 e. The number of fused-ring (bicyclic) bond motifs is 6. The lowest BCUT2D eigenvalue weighted by molar-refractivity contribution is 1.08. The third-order valence-electron chi connectivity index (χ3n) is 8.26. The SMILES string of the molecule is c1ccc(-c2nc(-c3ccc4c5ccccc5n(-c5ccccc5)c4c3)nc(-c3cccc4c3sc3ccccc34)n2)cc1. The third-order valence-corrected chi connectivity index (χ3v) is 9.48. The smallest absolute Gasteiger partial charge is 0.165 e. The number of para-hydroxylation sites is 2. The number of nitrogens with zero attached hydrogens (tertiary/aromatic N) is 4. The zero-order valence-corrected chi connectivity index (χ0v) is 24.4. The molecule has 6 aromatic carbocycles. The summed E-state index contributed by atoms with van der Waals surface area (Å²) in [6.07, 6.45) is 0. The molecule has 0 saturated carbocycles. The molecule has 9 aromatic rings. The highest BCUT2D eigenvalue weighted by atomic mass is 32.1. The van der Waals surface area contributed by atoms with E-state index in [0.29, 0.717) is 17.5 Å². The molecule has 0 radical (unpaired) electrons. The van der Waals surface area contributed by atoms with Crippen LogP contribution in [0.2, 0.25) is 0 Å². The van der Waals surface area contributed by atoms with Gasteiger partial charge in [-0.2, -0.15) is 0 Å². The Kier molecular flexibility index (Phi) is 5.64. The second-order valence-corrected chi connectivity index (χ2v) is 11.9. The Morgan fingerprint density at radius 1 is 0.432 bits per heavy atom. The Balaban J connectivity index is 1.31. The first kappa shape index (κ1) is 24.9. The van der Waals surface area contributed by atoms with E-state index < -0.39 is 0 Å². The molecule has 0 atom stereocenters. The first-order chi connectivity index (χ1) is 21.8. The van der Waals surface area contributed by atoms with Gasteiger partial charge in [-0.15, -0.1) is 11.3 Å². The van der Waals surface area contributed by atoms with Gasteiger partial charge in [0.15, 0.2) is 17.5 Å². The fourth-order valence-electron chi connectivity index (χ4n) is 6.23. The molecule has 4 nitrogen and oxygen atoms in total. The number of hydrogen-bond acceptors (Lipinski definition) is 4. The number of rotatable bonds is 4. The van der Waals surface area contributed by atoms with Gasteiger partial charge in [-0.05, 0) is 36.4 Å². The van der Waals surface area contributed by atoms with E-state index in [1.165, 1.54) is 36.5 Å². The van der Waals surface area contributed by atoms with E-state index in [1.54, 1.807) is 11.3 Å². The highest BCUT2D eigenvalue weighted by Gasteiger charge is 2.18. The topological polar surface area (TPSA) is 43.6 Å². The summed E-state index contributed by atoms with van der Waals surface area (Å²) >= 11 is 1.79. The Morgan fingerprint density at radius 2 is 1.07 bits per heavy atom. The fourth-order valence-corrected chi connectivity index (χ4v) is 7.44. The Labute approximate surface area is 257 Å². The molecule has 3 aromatic heterocycles. The quantitative estimate of drug-likeness (QED) is 0.208. The third kappa shape index (κ3) is 3.94. The lowest BCUT2D eigenvalue weighted by atomic mass is 10.1. The zero-order chi connectivity index (χ0) is 29.0. The van der Waals surface area contributed by atoms with Gasteiger partial charge in [0.25, 0.3) is 0 Å². The second-order valence-electron chi connectivity index (χ2n) is 10.9. The normalized spacial score (nSPS) is 11.6. The largest absolute Gasteiger partial charge is 0.309 e. The summed E-state index contributed by atoms with van der Waals surface area (Å²) in [5.41, 5.74) is 6.33. The predicted molar refractivity (Wildman–Crippen MR) is 183 cm³/mol. The van der Waals surface area contributed by atoms with Crippen LogP contribution in [-0.2, 0) is 0 Å². The second kappa shape index (κ2) is 9.97. The molecule has 0 bridgehead atoms. The van der Waals surface area contributed by atoms with Gasteiger partial charge in [0.05, 0.1) is 11.0 Å². The van der Waals surface area contributed by atoms with Crippen LogP contribution in [0.25, 0.3) is 81.8 Å². The molecule has 0 unspecified atom stereocenters. The van der Waals surface area contributed by atoms with Gasteiger partial charge in [0.2, 0.25) is 0 Å². The van der Waals surface area contributed by atoms with Crippen LogP contribution in [0.1, 0.15) is 0 Å². The number of hydrogen-bond donors (Lipinski definition) is 0. The van der Waals surface area contributed by atoms with Gasteiger partial charge in [-0.1, -0.05) is 109 Å². The van der Waals surface area contributed by atoms with E-state index in [-0.39, 0.29) is 0 Å². The molecule has 0 aliphatic heterocycles. The van der Waals surface area contributed by atoms with Crippen LogP contribution in [0.4, 0.5) is 0 Å². The first-order valence-electron chi connectivity index (χ1n) is 14.6. The maximum Gasteiger partial charge on any atom is 0.165 e. The summed E-state index contributed by atoms with van der Waals surface area (Å²) in [5, 5.41) is 4.89. The lowest BCUT2D eigenvalue weighted by Gasteiger charge is -2.10. The van der Waals surface area contributed by atoms with Crippen molar-refractivity contribution in [2.24, 2.45) is 0 Å². The van der Waals surface area contributed by atoms with E-state index in [4.69, 9.17) is 15.0 Å². The molecule has 9 rings (SSSR count). The van der Waals surface area contributed by atoms with E-state index in [1.807, 2.05) is 18.2 Å². The van der Waals surface area contributed by atoms with E-state index in [0.717, 1.165) is 27.9 Å². The van der Waals surface area contributed by atoms with Crippen LogP contribution in [0.5, 0.6) is 0 Å². The minimum absolute atomic E-state index is 0.652. The molecule has 44 heavy (non-hydrogen) atoms. The van der Waals surface area contributed by atoms with Crippen molar-refractivity contribution in [3.8, 4) is 39.9 Å². The van der Waals surface area contributed by atoms with E-state index in [9.17, 15) is 0 Å². The van der Waals surface area contributed by atoms with Crippen molar-refractivity contribution >= 4 is 53.3 Å². The summed E-state index contributed by atoms with van der Waals surface area (Å²) in [4.78, 5) is 15.3. The van der Waals surface area contributed by atoms with Crippen molar-refractivity contribution in [3.05, 3.63) is 146 Å². The van der Waals surface area contributed by atoms with Crippen molar-refractivity contribution in [2.45, 2.75) is 0 Å². The van der Waals surface area contributed by atoms with Crippen molar-refractivity contribution in [3.63, 3.8) is 0 Å². The molecule has 0 aliphatic carbocycles. The Bertz CT molecular complexity index is 2490. The van der Waals surface area contributed by atoms with Crippen molar-refractivity contribution < 1.29 is 0 Å². The molecular weight excluding hydrogens is 557 g/mol. The van der Waals surface area contributed by atoms with Crippen LogP contribution >= 0.6 is 11.3 Å². The Morgan fingerprint density at radius 3 is 1.91 bits per heavy atom. The van der Waals surface area contributed by atoms with Gasteiger partial charge >= 0.3 is 0 Å². The van der Waals surface area contributed by atoms with Gasteiger partial charge in [-0.3, -0.25) is 0 Å². The first-order valence-corrected chi connectivity index (χ1v) is 15.4. The Hall–Kier alpha value is -5.65. The average molecular weight is 581 g/mol. The fraction of sp³-hybridized carbons (Fsp3) is 0. The molecule has 3 heterocycles. The molecule has 5 heteroatoms. The van der Waals surface area contributed by atoms with E-state index in [2.05, 4.69) is 132 Å². The maximum absolute atomic E-state index is 5.16. The van der Waals surface area contributed by atoms with Crippen molar-refractivity contribution in [1.82, 2.24) is 19.5 Å². The van der Waals surface area contributed by atoms with Gasteiger partial charge in [0, 0.05) is 53.3 Å². The number of benzene rings is 6. The summed E-state index contributed by atoms with van der Waals surface area (Å²) in [5.74, 6) is 1.99. The highest BCUT2D eigenvalue weighted by molar-refractivity contribution is 7.26. The van der Waals surface area contributed by atoms with Crippen molar-refractivity contribution in [2.75, 3.05) is 0 Å². The van der Waals surface area contributed by atoms with Crippen LogP contribution in [0.15, 0.2) is 146 Å². The monoisotopic (exact) mass is 580 g/mol. The lowest BCUT2D eigenvalue weighted by Crippen LogP contribution is -2.00. The molecule has 0 aliphatic rings. The summed E-state index contributed by atoms with van der Waals surface area (Å²) in [7, 11) is 0. The predicted octanol–water partition coefficient (Wildman–Crippen LogP) is 10.3. The van der Waals surface area contributed by atoms with E-state index >= 15 is 0 Å². The van der Waals surface area contributed by atoms with Gasteiger partial charge < -0.3 is 4.57 Å². The van der Waals surface area contributed by atoms with Crippen molar-refractivity contribution in [1.29, 1.82) is 0 Å². The van der Waals surface area contributed by atoms with Crippen LogP contribution in [0.3, 0.4) is 0 Å². The zero-order valence-electron chi connectivity index (χ0n) is 23.6. The number of thiophene rings is 1. The molecule has 0 amide bonds. The molecule has 206 valence electrons. The summed E-state index contributed by atoms with van der Waals surface area (Å²) in [6, 6.07) is 50.8. The summed E-state index contributed by atoms with van der Waals surface area (Å²) < 4.78 is 4.77. The molecular formula is C39H24N4S. The van der Waals surface area contributed by atoms with Crippen LogP contribution < -0.4 is 0 Å². The molecule has 0 saturated heterocycles. The van der Waals surface area contributed by atoms with Gasteiger partial charge in [-0.25, -0.2) is 15.0 Å². The molecule has 0 N–H and O–H groups in total. The number of aromatic nitrogens is 4. The molecule has 0 fully saturated rings. The standard InChI is InChI=1S/C39H24N4S/c1-3-12-25(13-4-1)37-40-38(42-39(41-37)32-19-11-18-31-30-17-8-10-21-35(30)44-36(31)32)26-22-23-29-28-16-7-9-20-33(28)43(34(29)24-26)27-14-5-2-6-15-27/h1-24H. The maximum atomic E-state index is 5.16. The highest BCUT2D eigenvalue weighted by Crippen LogP contribution is 2.40. The molecule has 0 spiro atoms. The van der Waals surface area contributed by atoms with Crippen LogP contribution in [0, 0.1) is 0 Å².